The molecule has 0 bridgehead atoms. The first-order valence-corrected chi connectivity index (χ1v) is 10.2. The number of nitrogens with zero attached hydrogens (tertiary/aromatic N) is 1. The van der Waals surface area contributed by atoms with Crippen molar-refractivity contribution in [3.05, 3.63) is 59.7 Å². The Morgan fingerprint density at radius 3 is 2.31 bits per heavy atom. The quantitative estimate of drug-likeness (QED) is 0.635. The Bertz CT molecular complexity index is 1010. The molecule has 1 amide bonds. The van der Waals surface area contributed by atoms with Gasteiger partial charge >= 0.3 is 5.97 Å². The van der Waals surface area contributed by atoms with Gasteiger partial charge in [0.05, 0.1) is 17.4 Å². The predicted octanol–water partition coefficient (Wildman–Crippen LogP) is 1.91. The van der Waals surface area contributed by atoms with Crippen molar-refractivity contribution in [3.8, 4) is 6.07 Å². The molecule has 0 spiro atoms. The molecule has 2 aromatic carbocycles. The number of ether oxygens (including phenoxy) is 1. The zero-order valence-corrected chi connectivity index (χ0v) is 16.8. The fraction of sp³-hybridized carbons (Fsp3) is 0.250. The lowest BCUT2D eigenvalue weighted by Crippen LogP contribution is -2.40. The summed E-state index contributed by atoms with van der Waals surface area (Å²) in [6.45, 7) is 2.60. The number of esters is 1. The van der Waals surface area contributed by atoms with Gasteiger partial charge in [0.1, 0.15) is 6.04 Å². The van der Waals surface area contributed by atoms with Crippen molar-refractivity contribution in [2.45, 2.75) is 31.2 Å². The molecule has 2 rings (SSSR count). The summed E-state index contributed by atoms with van der Waals surface area (Å²) in [5.41, 5.74) is 2.20. The molecule has 2 aromatic rings. The second-order valence-electron chi connectivity index (χ2n) is 6.34. The normalized spacial score (nSPS) is 11.9. The number of amides is 1. The highest BCUT2D eigenvalue weighted by atomic mass is 32.2. The molecule has 0 fully saturated rings. The van der Waals surface area contributed by atoms with Crippen LogP contribution >= 0.6 is 0 Å². The molecular formula is C20H21N3O5S. The summed E-state index contributed by atoms with van der Waals surface area (Å²) in [4.78, 5) is 24.0. The van der Waals surface area contributed by atoms with E-state index in [9.17, 15) is 18.0 Å². The van der Waals surface area contributed by atoms with Crippen LogP contribution in [0.15, 0.2) is 53.4 Å². The summed E-state index contributed by atoms with van der Waals surface area (Å²) in [5.74, 6) is -1.44. The number of hydrogen-bond acceptors (Lipinski definition) is 6. The lowest BCUT2D eigenvalue weighted by atomic mass is 10.1. The fourth-order valence-electron chi connectivity index (χ4n) is 2.32. The zero-order chi connectivity index (χ0) is 21.4. The molecule has 0 aliphatic rings. The number of sulfonamides is 1. The highest BCUT2D eigenvalue weighted by Gasteiger charge is 2.23. The third-order valence-electron chi connectivity index (χ3n) is 3.88. The van der Waals surface area contributed by atoms with Gasteiger partial charge in [-0.1, -0.05) is 29.8 Å². The van der Waals surface area contributed by atoms with Crippen LogP contribution in [0.2, 0.25) is 0 Å². The molecule has 0 saturated carbocycles. The summed E-state index contributed by atoms with van der Waals surface area (Å²) >= 11 is 0. The van der Waals surface area contributed by atoms with Gasteiger partial charge in [0.25, 0.3) is 5.91 Å². The van der Waals surface area contributed by atoms with E-state index in [0.29, 0.717) is 5.69 Å². The minimum atomic E-state index is -3.89. The van der Waals surface area contributed by atoms with Crippen LogP contribution in [0.3, 0.4) is 0 Å². The smallest absolute Gasteiger partial charge is 0.324 e. The van der Waals surface area contributed by atoms with Gasteiger partial charge in [0.15, 0.2) is 6.61 Å². The number of nitrogens with one attached hydrogen (secondary N) is 2. The molecule has 0 saturated heterocycles. The second-order valence-corrected chi connectivity index (χ2v) is 8.06. The molecule has 152 valence electrons. The van der Waals surface area contributed by atoms with E-state index in [4.69, 9.17) is 10.00 Å². The van der Waals surface area contributed by atoms with Gasteiger partial charge in [0.2, 0.25) is 10.0 Å². The SMILES string of the molecule is Cc1ccc(S(=O)(=O)N[C@@H](C)C(=O)OCC(=O)Nc2ccc(CC#N)cc2)cc1. The van der Waals surface area contributed by atoms with Crippen molar-refractivity contribution in [2.75, 3.05) is 11.9 Å². The summed E-state index contributed by atoms with van der Waals surface area (Å²) in [5, 5.41) is 11.2. The van der Waals surface area contributed by atoms with Crippen LogP contribution in [0.25, 0.3) is 0 Å². The lowest BCUT2D eigenvalue weighted by molar-refractivity contribution is -0.148. The first-order chi connectivity index (χ1) is 13.7. The number of hydrogen-bond donors (Lipinski definition) is 2. The van der Waals surface area contributed by atoms with E-state index in [1.807, 2.05) is 13.0 Å². The van der Waals surface area contributed by atoms with Gasteiger partial charge in [-0.15, -0.1) is 0 Å². The van der Waals surface area contributed by atoms with Crippen molar-refractivity contribution in [1.29, 1.82) is 5.26 Å². The summed E-state index contributed by atoms with van der Waals surface area (Å²) in [6, 6.07) is 13.7. The number of carbonyl (C=O) groups excluding carboxylic acids is 2. The summed E-state index contributed by atoms with van der Waals surface area (Å²) in [7, 11) is -3.89. The van der Waals surface area contributed by atoms with Crippen molar-refractivity contribution in [1.82, 2.24) is 4.72 Å². The van der Waals surface area contributed by atoms with Gasteiger partial charge in [-0.05, 0) is 43.7 Å². The first-order valence-electron chi connectivity index (χ1n) is 8.72. The maximum atomic E-state index is 12.3. The summed E-state index contributed by atoms with van der Waals surface area (Å²) < 4.78 is 31.7. The Morgan fingerprint density at radius 2 is 1.72 bits per heavy atom. The topological polar surface area (TPSA) is 125 Å². The zero-order valence-electron chi connectivity index (χ0n) is 16.0. The molecule has 0 heterocycles. The number of benzene rings is 2. The summed E-state index contributed by atoms with van der Waals surface area (Å²) in [6.07, 6.45) is 0.266. The van der Waals surface area contributed by atoms with E-state index < -0.39 is 34.5 Å². The molecule has 0 aromatic heterocycles. The van der Waals surface area contributed by atoms with Gasteiger partial charge in [-0.25, -0.2) is 8.42 Å². The van der Waals surface area contributed by atoms with Gasteiger partial charge in [0, 0.05) is 5.69 Å². The predicted molar refractivity (Wildman–Crippen MR) is 106 cm³/mol. The molecular weight excluding hydrogens is 394 g/mol. The Balaban J connectivity index is 1.85. The molecule has 29 heavy (non-hydrogen) atoms. The number of nitriles is 1. The average Bonchev–Trinajstić information content (AvgIpc) is 2.68. The van der Waals surface area contributed by atoms with Crippen LogP contribution in [0.1, 0.15) is 18.1 Å². The lowest BCUT2D eigenvalue weighted by Gasteiger charge is -2.14. The van der Waals surface area contributed by atoms with Crippen LogP contribution in [-0.4, -0.2) is 32.9 Å². The largest absolute Gasteiger partial charge is 0.454 e. The third-order valence-corrected chi connectivity index (χ3v) is 5.44. The van der Waals surface area contributed by atoms with Crippen molar-refractivity contribution < 1.29 is 22.7 Å². The Hall–Kier alpha value is -3.22. The Labute approximate surface area is 169 Å². The van der Waals surface area contributed by atoms with Gasteiger partial charge in [-0.2, -0.15) is 9.98 Å². The fourth-order valence-corrected chi connectivity index (χ4v) is 3.51. The molecule has 1 atom stereocenters. The molecule has 9 heteroatoms. The van der Waals surface area contributed by atoms with Crippen molar-refractivity contribution in [3.63, 3.8) is 0 Å². The molecule has 0 aliphatic carbocycles. The van der Waals surface area contributed by atoms with Crippen molar-refractivity contribution >= 4 is 27.6 Å². The first kappa shape index (κ1) is 22.1. The van der Waals surface area contributed by atoms with E-state index in [1.165, 1.54) is 19.1 Å². The number of carbonyl (C=O) groups is 2. The van der Waals surface area contributed by atoms with E-state index in [1.54, 1.807) is 36.4 Å². The third kappa shape index (κ3) is 6.71. The monoisotopic (exact) mass is 415 g/mol. The van der Waals surface area contributed by atoms with Crippen LogP contribution < -0.4 is 10.0 Å². The number of anilines is 1. The second kappa shape index (κ2) is 9.82. The average molecular weight is 415 g/mol. The highest BCUT2D eigenvalue weighted by Crippen LogP contribution is 2.11. The van der Waals surface area contributed by atoms with Crippen molar-refractivity contribution in [2.24, 2.45) is 0 Å². The Morgan fingerprint density at radius 1 is 1.10 bits per heavy atom. The van der Waals surface area contributed by atoms with E-state index >= 15 is 0 Å². The minimum absolute atomic E-state index is 0.0281. The van der Waals surface area contributed by atoms with E-state index in [2.05, 4.69) is 10.0 Å². The van der Waals surface area contributed by atoms with Gasteiger partial charge in [-0.3, -0.25) is 9.59 Å². The standard InChI is InChI=1S/C20H21N3O5S/c1-14-3-9-18(10-4-14)29(26,27)23-15(2)20(25)28-13-19(24)22-17-7-5-16(6-8-17)11-12-21/h3-10,15,23H,11,13H2,1-2H3,(H,22,24)/t15-/m0/s1. The molecule has 8 nitrogen and oxygen atoms in total. The maximum absolute atomic E-state index is 12.3. The van der Waals surface area contributed by atoms with Crippen LogP contribution in [0.5, 0.6) is 0 Å². The Kier molecular flexibility index (Phi) is 7.47. The van der Waals surface area contributed by atoms with E-state index in [0.717, 1.165) is 11.1 Å². The number of aryl methyl sites for hydroxylation is 1. The molecule has 0 aliphatic heterocycles. The van der Waals surface area contributed by atoms with Gasteiger partial charge < -0.3 is 10.1 Å². The minimum Gasteiger partial charge on any atom is -0.454 e. The molecule has 2 N–H and O–H groups in total. The molecule has 0 radical (unpaired) electrons. The molecule has 0 unspecified atom stereocenters. The van der Waals surface area contributed by atoms with E-state index in [-0.39, 0.29) is 11.3 Å². The van der Waals surface area contributed by atoms with Crippen LogP contribution in [0, 0.1) is 18.3 Å². The highest BCUT2D eigenvalue weighted by molar-refractivity contribution is 7.89. The number of rotatable bonds is 8. The maximum Gasteiger partial charge on any atom is 0.324 e. The van der Waals surface area contributed by atoms with Crippen LogP contribution in [-0.2, 0) is 30.8 Å². The van der Waals surface area contributed by atoms with Crippen LogP contribution in [0.4, 0.5) is 5.69 Å².